The van der Waals surface area contributed by atoms with Crippen molar-refractivity contribution in [2.75, 3.05) is 17.7 Å². The minimum absolute atomic E-state index is 0.117. The standard InChI is InChI=1S/C21H19BrN6O3S2/c1-12-24-16-8-7-14(22)9-15(16)19(31)28(12)26-17(29)10-23-25-21(32)27-18(30)11-33-20(27)13-5-3-2-4-6-13/h2-9,20,23H,10-11H2,1H3,(H,25,32)(H,26,29). The molecule has 1 saturated heterocycles. The molecule has 1 aliphatic rings. The van der Waals surface area contributed by atoms with Gasteiger partial charge < -0.3 is 0 Å². The number of aromatic nitrogens is 2. The van der Waals surface area contributed by atoms with Crippen molar-refractivity contribution in [3.63, 3.8) is 0 Å². The summed E-state index contributed by atoms with van der Waals surface area (Å²) < 4.78 is 1.84. The monoisotopic (exact) mass is 546 g/mol. The third kappa shape index (κ3) is 5.08. The Kier molecular flexibility index (Phi) is 7.08. The Morgan fingerprint density at radius 2 is 2.00 bits per heavy atom. The van der Waals surface area contributed by atoms with Gasteiger partial charge in [0.05, 0.1) is 23.2 Å². The highest BCUT2D eigenvalue weighted by molar-refractivity contribution is 9.10. The van der Waals surface area contributed by atoms with Gasteiger partial charge in [-0.05, 0) is 42.9 Å². The van der Waals surface area contributed by atoms with E-state index in [-0.39, 0.29) is 28.5 Å². The first-order valence-corrected chi connectivity index (χ1v) is 12.1. The summed E-state index contributed by atoms with van der Waals surface area (Å²) in [6.45, 7) is 1.43. The van der Waals surface area contributed by atoms with Crippen LogP contribution in [0.5, 0.6) is 0 Å². The molecule has 9 nitrogen and oxygen atoms in total. The second-order valence-corrected chi connectivity index (χ2v) is 9.49. The molecule has 0 saturated carbocycles. The molecule has 170 valence electrons. The molecule has 1 fully saturated rings. The average molecular weight is 547 g/mol. The first-order valence-electron chi connectivity index (χ1n) is 9.85. The van der Waals surface area contributed by atoms with Gasteiger partial charge in [0.2, 0.25) is 5.91 Å². The number of aryl methyl sites for hydroxylation is 1. The summed E-state index contributed by atoms with van der Waals surface area (Å²) in [6, 6.07) is 14.8. The normalized spacial score (nSPS) is 15.6. The molecule has 2 amide bonds. The summed E-state index contributed by atoms with van der Waals surface area (Å²) in [7, 11) is 0. The zero-order valence-electron chi connectivity index (χ0n) is 17.4. The van der Waals surface area contributed by atoms with Crippen molar-refractivity contribution in [3.05, 3.63) is 74.7 Å². The van der Waals surface area contributed by atoms with E-state index in [4.69, 9.17) is 12.2 Å². The molecule has 1 aromatic heterocycles. The molecule has 0 spiro atoms. The number of nitrogens with one attached hydrogen (secondary N) is 3. The predicted octanol–water partition coefficient (Wildman–Crippen LogP) is 2.19. The van der Waals surface area contributed by atoms with Gasteiger partial charge in [-0.3, -0.25) is 30.1 Å². The topological polar surface area (TPSA) is 108 Å². The average Bonchev–Trinajstić information content (AvgIpc) is 3.19. The number of amides is 2. The summed E-state index contributed by atoms with van der Waals surface area (Å²) in [5.41, 5.74) is 9.10. The Hall–Kier alpha value is -2.80. The molecule has 0 bridgehead atoms. The van der Waals surface area contributed by atoms with Gasteiger partial charge in [0.25, 0.3) is 11.5 Å². The summed E-state index contributed by atoms with van der Waals surface area (Å²) in [6.07, 6.45) is 0. The molecule has 2 aromatic carbocycles. The lowest BCUT2D eigenvalue weighted by atomic mass is 10.2. The fourth-order valence-corrected chi connectivity index (χ4v) is 5.20. The Bertz CT molecular complexity index is 1300. The van der Waals surface area contributed by atoms with Crippen LogP contribution >= 0.6 is 39.9 Å². The Labute approximate surface area is 207 Å². The van der Waals surface area contributed by atoms with Crippen LogP contribution in [0.25, 0.3) is 10.9 Å². The van der Waals surface area contributed by atoms with Gasteiger partial charge in [0.15, 0.2) is 5.11 Å². The van der Waals surface area contributed by atoms with Gasteiger partial charge in [-0.15, -0.1) is 11.8 Å². The van der Waals surface area contributed by atoms with Crippen LogP contribution in [0.4, 0.5) is 0 Å². The van der Waals surface area contributed by atoms with E-state index in [0.29, 0.717) is 22.5 Å². The van der Waals surface area contributed by atoms with E-state index in [2.05, 4.69) is 37.2 Å². The second-order valence-electron chi connectivity index (χ2n) is 7.12. The van der Waals surface area contributed by atoms with Crippen LogP contribution in [0.15, 0.2) is 57.8 Å². The van der Waals surface area contributed by atoms with E-state index in [9.17, 15) is 14.4 Å². The number of carbonyl (C=O) groups excluding carboxylic acids is 2. The zero-order chi connectivity index (χ0) is 23.5. The van der Waals surface area contributed by atoms with Gasteiger partial charge in [-0.2, -0.15) is 0 Å². The molecule has 12 heteroatoms. The van der Waals surface area contributed by atoms with Crippen LogP contribution in [-0.4, -0.2) is 43.8 Å². The number of halogens is 1. The van der Waals surface area contributed by atoms with Crippen molar-refractivity contribution < 1.29 is 9.59 Å². The maximum Gasteiger partial charge on any atom is 0.280 e. The minimum atomic E-state index is -0.492. The Balaban J connectivity index is 1.38. The molecule has 1 atom stereocenters. The minimum Gasteiger partial charge on any atom is -0.297 e. The maximum absolute atomic E-state index is 12.8. The molecular formula is C21H19BrN6O3S2. The highest BCUT2D eigenvalue weighted by atomic mass is 79.9. The number of hydrogen-bond acceptors (Lipinski definition) is 7. The fraction of sp³-hybridized carbons (Fsp3) is 0.190. The van der Waals surface area contributed by atoms with E-state index in [1.807, 2.05) is 30.3 Å². The van der Waals surface area contributed by atoms with Crippen LogP contribution in [0, 0.1) is 6.92 Å². The number of hydrogen-bond donors (Lipinski definition) is 3. The fourth-order valence-electron chi connectivity index (χ4n) is 3.33. The lowest BCUT2D eigenvalue weighted by Gasteiger charge is -2.25. The Morgan fingerprint density at radius 3 is 2.76 bits per heavy atom. The van der Waals surface area contributed by atoms with Gasteiger partial charge >= 0.3 is 0 Å². The number of thiocarbonyl (C=S) groups is 1. The van der Waals surface area contributed by atoms with Crippen LogP contribution in [0.3, 0.4) is 0 Å². The van der Waals surface area contributed by atoms with Gasteiger partial charge in [0, 0.05) is 4.47 Å². The molecule has 1 unspecified atom stereocenters. The molecule has 0 radical (unpaired) electrons. The van der Waals surface area contributed by atoms with Crippen LogP contribution < -0.4 is 21.8 Å². The third-order valence-corrected chi connectivity index (χ3v) is 6.85. The first kappa shape index (κ1) is 23.4. The predicted molar refractivity (Wildman–Crippen MR) is 135 cm³/mol. The largest absolute Gasteiger partial charge is 0.297 e. The highest BCUT2D eigenvalue weighted by Crippen LogP contribution is 2.38. The first-order chi connectivity index (χ1) is 15.8. The van der Waals surface area contributed by atoms with Crippen LogP contribution in [-0.2, 0) is 9.59 Å². The van der Waals surface area contributed by atoms with Crippen molar-refractivity contribution in [2.45, 2.75) is 12.3 Å². The number of carbonyl (C=O) groups is 2. The Morgan fingerprint density at radius 1 is 1.24 bits per heavy atom. The van der Waals surface area contributed by atoms with E-state index in [1.54, 1.807) is 25.1 Å². The highest BCUT2D eigenvalue weighted by Gasteiger charge is 2.35. The zero-order valence-corrected chi connectivity index (χ0v) is 20.6. The van der Waals surface area contributed by atoms with Gasteiger partial charge in [-0.1, -0.05) is 46.3 Å². The van der Waals surface area contributed by atoms with E-state index in [0.717, 1.165) is 14.7 Å². The van der Waals surface area contributed by atoms with Crippen molar-refractivity contribution in [1.29, 1.82) is 0 Å². The van der Waals surface area contributed by atoms with Gasteiger partial charge in [-0.25, -0.2) is 15.1 Å². The number of thioether (sulfide) groups is 1. The second kappa shape index (κ2) is 10.00. The lowest BCUT2D eigenvalue weighted by molar-refractivity contribution is -0.124. The lowest BCUT2D eigenvalue weighted by Crippen LogP contribution is -2.50. The number of hydrazine groups is 1. The summed E-state index contributed by atoms with van der Waals surface area (Å²) in [5, 5.41) is 0.301. The van der Waals surface area contributed by atoms with E-state index >= 15 is 0 Å². The molecule has 0 aliphatic carbocycles. The number of rotatable bonds is 5. The third-order valence-electron chi connectivity index (χ3n) is 4.85. The molecule has 33 heavy (non-hydrogen) atoms. The summed E-state index contributed by atoms with van der Waals surface area (Å²) >= 11 is 10.2. The number of benzene rings is 2. The van der Waals surface area contributed by atoms with Crippen LogP contribution in [0.2, 0.25) is 0 Å². The summed E-state index contributed by atoms with van der Waals surface area (Å²) in [4.78, 5) is 43.4. The van der Waals surface area contributed by atoms with Crippen molar-refractivity contribution >= 4 is 67.7 Å². The molecule has 1 aliphatic heterocycles. The van der Waals surface area contributed by atoms with Crippen LogP contribution in [0.1, 0.15) is 16.8 Å². The SMILES string of the molecule is Cc1nc2ccc(Br)cc2c(=O)n1NC(=O)CNNC(=S)N1C(=O)CSC1c1ccccc1. The molecular weight excluding hydrogens is 528 g/mol. The van der Waals surface area contributed by atoms with Crippen molar-refractivity contribution in [3.8, 4) is 0 Å². The quantitative estimate of drug-likeness (QED) is 0.330. The molecule has 3 N–H and O–H groups in total. The van der Waals surface area contributed by atoms with Crippen molar-refractivity contribution in [1.82, 2.24) is 25.4 Å². The maximum atomic E-state index is 12.8. The van der Waals surface area contributed by atoms with Gasteiger partial charge in [0.1, 0.15) is 11.2 Å². The molecule has 4 rings (SSSR count). The smallest absolute Gasteiger partial charge is 0.280 e. The molecule has 2 heterocycles. The van der Waals surface area contributed by atoms with E-state index in [1.165, 1.54) is 16.7 Å². The summed E-state index contributed by atoms with van der Waals surface area (Å²) in [5.74, 6) is 0.0494. The number of nitrogens with zero attached hydrogens (tertiary/aromatic N) is 3. The molecule has 3 aromatic rings. The van der Waals surface area contributed by atoms with Crippen molar-refractivity contribution in [2.24, 2.45) is 0 Å². The van der Waals surface area contributed by atoms with E-state index < -0.39 is 5.91 Å². The number of fused-ring (bicyclic) bond motifs is 1.